The number of carbonyl (C=O) groups is 2. The molecule has 0 spiro atoms. The molecule has 0 radical (unpaired) electrons. The Kier molecular flexibility index (Phi) is 7.07. The first-order valence-corrected chi connectivity index (χ1v) is 11.0. The van der Waals surface area contributed by atoms with Crippen molar-refractivity contribution in [3.63, 3.8) is 0 Å². The van der Waals surface area contributed by atoms with Gasteiger partial charge in [0.15, 0.2) is 0 Å². The highest BCUT2D eigenvalue weighted by Crippen LogP contribution is 2.19. The van der Waals surface area contributed by atoms with Gasteiger partial charge in [0, 0.05) is 33.1 Å². The third-order valence-corrected chi connectivity index (χ3v) is 6.65. The van der Waals surface area contributed by atoms with E-state index in [0.29, 0.717) is 18.8 Å². The predicted octanol–water partition coefficient (Wildman–Crippen LogP) is 1.78. The number of ether oxygens (including phenoxy) is 2. The summed E-state index contributed by atoms with van der Waals surface area (Å²) in [5.74, 6) is 0.0713. The summed E-state index contributed by atoms with van der Waals surface area (Å²) in [4.78, 5) is 25.3. The van der Waals surface area contributed by atoms with Gasteiger partial charge in [-0.1, -0.05) is 18.2 Å². The number of hydrogen-bond acceptors (Lipinski definition) is 6. The van der Waals surface area contributed by atoms with E-state index in [9.17, 15) is 18.0 Å². The average molecular weight is 432 g/mol. The lowest BCUT2D eigenvalue weighted by Crippen LogP contribution is -2.49. The van der Waals surface area contributed by atoms with Crippen LogP contribution in [0.5, 0.6) is 5.75 Å². The van der Waals surface area contributed by atoms with Crippen molar-refractivity contribution in [2.75, 3.05) is 39.4 Å². The largest absolute Gasteiger partial charge is 0.490 e. The number of amides is 1. The normalized spacial score (nSPS) is 14.9. The van der Waals surface area contributed by atoms with Crippen LogP contribution in [-0.4, -0.2) is 68.9 Å². The molecule has 9 heteroatoms. The van der Waals surface area contributed by atoms with E-state index in [1.807, 2.05) is 18.2 Å². The highest BCUT2D eigenvalue weighted by Gasteiger charge is 2.29. The van der Waals surface area contributed by atoms with Gasteiger partial charge in [-0.3, -0.25) is 4.79 Å². The number of esters is 1. The summed E-state index contributed by atoms with van der Waals surface area (Å²) in [6.07, 6.45) is 0. The quantitative estimate of drug-likeness (QED) is 0.489. The molecular weight excluding hydrogens is 408 g/mol. The lowest BCUT2D eigenvalue weighted by atomic mass is 10.2. The molecule has 1 amide bonds. The molecule has 0 N–H and O–H groups in total. The summed E-state index contributed by atoms with van der Waals surface area (Å²) >= 11 is 0. The SMILES string of the molecule is CC(=O)N1CCN(S(=O)(=O)c2ccc(C(=O)OCCOc3ccccc3)cc2)CC1. The van der Waals surface area contributed by atoms with Crippen LogP contribution in [0.1, 0.15) is 17.3 Å². The van der Waals surface area contributed by atoms with E-state index in [1.165, 1.54) is 35.5 Å². The molecule has 30 heavy (non-hydrogen) atoms. The molecule has 0 saturated carbocycles. The molecule has 1 aliphatic rings. The van der Waals surface area contributed by atoms with Gasteiger partial charge in [0.2, 0.25) is 15.9 Å². The fraction of sp³-hybridized carbons (Fsp3) is 0.333. The molecule has 2 aromatic rings. The van der Waals surface area contributed by atoms with Crippen molar-refractivity contribution < 1.29 is 27.5 Å². The second-order valence-electron chi connectivity index (χ2n) is 6.73. The lowest BCUT2D eigenvalue weighted by Gasteiger charge is -2.33. The van der Waals surface area contributed by atoms with Crippen molar-refractivity contribution in [1.82, 2.24) is 9.21 Å². The Hall–Kier alpha value is -2.91. The van der Waals surface area contributed by atoms with Gasteiger partial charge in [-0.2, -0.15) is 4.31 Å². The van der Waals surface area contributed by atoms with Crippen molar-refractivity contribution in [3.8, 4) is 5.75 Å². The summed E-state index contributed by atoms with van der Waals surface area (Å²) in [7, 11) is -3.68. The first-order valence-electron chi connectivity index (χ1n) is 9.58. The number of sulfonamides is 1. The van der Waals surface area contributed by atoms with Crippen LogP contribution in [0, 0.1) is 0 Å². The second-order valence-corrected chi connectivity index (χ2v) is 8.67. The first-order chi connectivity index (χ1) is 14.4. The van der Waals surface area contributed by atoms with E-state index < -0.39 is 16.0 Å². The third-order valence-electron chi connectivity index (χ3n) is 4.74. The first kappa shape index (κ1) is 21.8. The van der Waals surface area contributed by atoms with Gasteiger partial charge in [-0.25, -0.2) is 13.2 Å². The molecule has 1 saturated heterocycles. The minimum atomic E-state index is -3.68. The number of nitrogens with zero attached hydrogens (tertiary/aromatic N) is 2. The maximum atomic E-state index is 12.8. The van der Waals surface area contributed by atoms with E-state index in [2.05, 4.69) is 0 Å². The van der Waals surface area contributed by atoms with Crippen LogP contribution in [0.2, 0.25) is 0 Å². The number of rotatable bonds is 7. The Bertz CT molecular complexity index is 968. The van der Waals surface area contributed by atoms with Crippen molar-refractivity contribution in [1.29, 1.82) is 0 Å². The summed E-state index contributed by atoms with van der Waals surface area (Å²) in [5.41, 5.74) is 0.259. The zero-order valence-electron chi connectivity index (χ0n) is 16.7. The zero-order chi connectivity index (χ0) is 21.6. The highest BCUT2D eigenvalue weighted by atomic mass is 32.2. The Balaban J connectivity index is 1.52. The van der Waals surface area contributed by atoms with Crippen LogP contribution < -0.4 is 4.74 Å². The van der Waals surface area contributed by atoms with Gasteiger partial charge in [-0.15, -0.1) is 0 Å². The molecule has 0 unspecified atom stereocenters. The summed E-state index contributed by atoms with van der Waals surface area (Å²) in [5, 5.41) is 0. The maximum absolute atomic E-state index is 12.8. The average Bonchev–Trinajstić information content (AvgIpc) is 2.77. The zero-order valence-corrected chi connectivity index (χ0v) is 17.5. The van der Waals surface area contributed by atoms with Gasteiger partial charge in [-0.05, 0) is 36.4 Å². The highest BCUT2D eigenvalue weighted by molar-refractivity contribution is 7.89. The Morgan fingerprint density at radius 1 is 0.900 bits per heavy atom. The fourth-order valence-electron chi connectivity index (χ4n) is 3.05. The molecule has 0 aromatic heterocycles. The van der Waals surface area contributed by atoms with Crippen LogP contribution in [0.15, 0.2) is 59.5 Å². The molecule has 0 atom stereocenters. The van der Waals surface area contributed by atoms with Crippen LogP contribution in [0.3, 0.4) is 0 Å². The van der Waals surface area contributed by atoms with Crippen molar-refractivity contribution in [2.24, 2.45) is 0 Å². The number of piperazine rings is 1. The van der Waals surface area contributed by atoms with Crippen molar-refractivity contribution in [3.05, 3.63) is 60.2 Å². The Morgan fingerprint density at radius 2 is 1.53 bits per heavy atom. The summed E-state index contributed by atoms with van der Waals surface area (Å²) in [6, 6.07) is 14.8. The van der Waals surface area contributed by atoms with Crippen LogP contribution in [0.25, 0.3) is 0 Å². The summed E-state index contributed by atoms with van der Waals surface area (Å²) < 4.78 is 37.5. The molecule has 0 aliphatic carbocycles. The predicted molar refractivity (Wildman–Crippen MR) is 110 cm³/mol. The van der Waals surface area contributed by atoms with Gasteiger partial charge >= 0.3 is 5.97 Å². The van der Waals surface area contributed by atoms with Gasteiger partial charge < -0.3 is 14.4 Å². The number of benzene rings is 2. The standard InChI is InChI=1S/C21H24N2O6S/c1-17(24)22-11-13-23(14-12-22)30(26,27)20-9-7-18(8-10-20)21(25)29-16-15-28-19-5-3-2-4-6-19/h2-10H,11-16H2,1H3. The Labute approximate surface area is 176 Å². The maximum Gasteiger partial charge on any atom is 0.338 e. The van der Waals surface area contributed by atoms with E-state index in [0.717, 1.165) is 0 Å². The van der Waals surface area contributed by atoms with Gasteiger partial charge in [0.05, 0.1) is 10.5 Å². The minimum Gasteiger partial charge on any atom is -0.490 e. The number of para-hydroxylation sites is 1. The topological polar surface area (TPSA) is 93.2 Å². The molecule has 2 aromatic carbocycles. The van der Waals surface area contributed by atoms with E-state index >= 15 is 0 Å². The molecule has 3 rings (SSSR count). The molecule has 0 bridgehead atoms. The van der Waals surface area contributed by atoms with Crippen molar-refractivity contribution in [2.45, 2.75) is 11.8 Å². The second kappa shape index (κ2) is 9.73. The fourth-order valence-corrected chi connectivity index (χ4v) is 4.47. The lowest BCUT2D eigenvalue weighted by molar-refractivity contribution is -0.129. The van der Waals surface area contributed by atoms with Crippen LogP contribution >= 0.6 is 0 Å². The molecular formula is C21H24N2O6S. The summed E-state index contributed by atoms with van der Waals surface area (Å²) in [6.45, 7) is 2.98. The van der Waals surface area contributed by atoms with E-state index in [-0.39, 0.29) is 42.7 Å². The molecule has 1 heterocycles. The van der Waals surface area contributed by atoms with Gasteiger partial charge in [0.25, 0.3) is 0 Å². The van der Waals surface area contributed by atoms with E-state index in [1.54, 1.807) is 17.0 Å². The van der Waals surface area contributed by atoms with Gasteiger partial charge in [0.1, 0.15) is 19.0 Å². The smallest absolute Gasteiger partial charge is 0.338 e. The molecule has 8 nitrogen and oxygen atoms in total. The molecule has 160 valence electrons. The third kappa shape index (κ3) is 5.37. The number of hydrogen-bond donors (Lipinski definition) is 0. The van der Waals surface area contributed by atoms with Crippen molar-refractivity contribution >= 4 is 21.9 Å². The van der Waals surface area contributed by atoms with Crippen LogP contribution in [-0.2, 0) is 19.6 Å². The molecule has 1 fully saturated rings. The number of carbonyl (C=O) groups excluding carboxylic acids is 2. The van der Waals surface area contributed by atoms with E-state index in [4.69, 9.17) is 9.47 Å². The van der Waals surface area contributed by atoms with Crippen LogP contribution in [0.4, 0.5) is 0 Å². The Morgan fingerprint density at radius 3 is 2.13 bits per heavy atom. The molecule has 1 aliphatic heterocycles. The monoisotopic (exact) mass is 432 g/mol. The minimum absolute atomic E-state index is 0.0657.